The Labute approximate surface area is 136 Å². The normalized spacial score (nSPS) is 10.7. The van der Waals surface area contributed by atoms with Crippen LogP contribution < -0.4 is 15.0 Å². The summed E-state index contributed by atoms with van der Waals surface area (Å²) in [5, 5.41) is 1.46. The predicted molar refractivity (Wildman–Crippen MR) is 90.3 cm³/mol. The van der Waals surface area contributed by atoms with Crippen LogP contribution in [0.2, 0.25) is 0 Å². The average Bonchev–Trinajstić information content (AvgIpc) is 2.57. The third kappa shape index (κ3) is 2.48. The van der Waals surface area contributed by atoms with Gasteiger partial charge >= 0.3 is 0 Å². The Kier molecular flexibility index (Phi) is 3.90. The molecule has 0 saturated heterocycles. The first-order chi connectivity index (χ1) is 10.6. The quantitative estimate of drug-likeness (QED) is 0.714. The highest BCUT2D eigenvalue weighted by atomic mass is 79.9. The van der Waals surface area contributed by atoms with E-state index < -0.39 is 0 Å². The Bertz CT molecular complexity index is 885. The lowest BCUT2D eigenvalue weighted by atomic mass is 10.1. The Morgan fingerprint density at radius 1 is 0.909 bits per heavy atom. The summed E-state index contributed by atoms with van der Waals surface area (Å²) in [4.78, 5) is 12.7. The SMILES string of the molecule is COc1ccc(-n2cc(Br)c3cc(OC)ccc3c2=O)cc1. The fourth-order valence-electron chi connectivity index (χ4n) is 2.34. The molecule has 0 aliphatic heterocycles. The van der Waals surface area contributed by atoms with E-state index >= 15 is 0 Å². The van der Waals surface area contributed by atoms with Crippen molar-refractivity contribution in [2.45, 2.75) is 0 Å². The Morgan fingerprint density at radius 2 is 1.55 bits per heavy atom. The van der Waals surface area contributed by atoms with Gasteiger partial charge in [-0.1, -0.05) is 0 Å². The highest BCUT2D eigenvalue weighted by molar-refractivity contribution is 9.10. The minimum absolute atomic E-state index is 0.0778. The van der Waals surface area contributed by atoms with Crippen LogP contribution in [0.15, 0.2) is 57.9 Å². The maximum Gasteiger partial charge on any atom is 0.263 e. The molecule has 2 aromatic carbocycles. The molecule has 0 amide bonds. The molecule has 0 unspecified atom stereocenters. The predicted octanol–water partition coefficient (Wildman–Crippen LogP) is 3.77. The average molecular weight is 360 g/mol. The third-order valence-corrected chi connectivity index (χ3v) is 4.16. The van der Waals surface area contributed by atoms with Gasteiger partial charge in [0.1, 0.15) is 11.5 Å². The number of methoxy groups -OCH3 is 2. The van der Waals surface area contributed by atoms with Crippen LogP contribution in [-0.2, 0) is 0 Å². The zero-order valence-corrected chi connectivity index (χ0v) is 13.8. The number of fused-ring (bicyclic) bond motifs is 1. The first-order valence-electron chi connectivity index (χ1n) is 6.67. The zero-order chi connectivity index (χ0) is 15.7. The van der Waals surface area contributed by atoms with Crippen LogP contribution in [0.1, 0.15) is 0 Å². The molecule has 0 N–H and O–H groups in total. The van der Waals surface area contributed by atoms with Crippen molar-refractivity contribution in [1.82, 2.24) is 4.57 Å². The van der Waals surface area contributed by atoms with Crippen molar-refractivity contribution in [2.75, 3.05) is 14.2 Å². The van der Waals surface area contributed by atoms with E-state index in [1.54, 1.807) is 37.1 Å². The first kappa shape index (κ1) is 14.7. The van der Waals surface area contributed by atoms with E-state index in [1.807, 2.05) is 30.3 Å². The molecule has 1 heterocycles. The van der Waals surface area contributed by atoms with Crippen molar-refractivity contribution in [3.05, 3.63) is 63.5 Å². The highest BCUT2D eigenvalue weighted by Crippen LogP contribution is 2.26. The molecule has 3 aromatic rings. The van der Waals surface area contributed by atoms with Crippen molar-refractivity contribution in [2.24, 2.45) is 0 Å². The monoisotopic (exact) mass is 359 g/mol. The van der Waals surface area contributed by atoms with Crippen LogP contribution in [0.25, 0.3) is 16.5 Å². The largest absolute Gasteiger partial charge is 0.497 e. The third-order valence-electron chi connectivity index (χ3n) is 3.53. The van der Waals surface area contributed by atoms with Crippen molar-refractivity contribution >= 4 is 26.7 Å². The molecule has 112 valence electrons. The number of ether oxygens (including phenoxy) is 2. The molecule has 0 spiro atoms. The number of pyridine rings is 1. The summed E-state index contributed by atoms with van der Waals surface area (Å²) in [7, 11) is 3.22. The van der Waals surface area contributed by atoms with Crippen LogP contribution in [0.3, 0.4) is 0 Å². The molecule has 0 aliphatic rings. The number of benzene rings is 2. The topological polar surface area (TPSA) is 40.5 Å². The van der Waals surface area contributed by atoms with E-state index in [2.05, 4.69) is 15.9 Å². The maximum atomic E-state index is 12.7. The standard InChI is InChI=1S/C17H14BrNO3/c1-21-12-5-3-11(4-6-12)19-10-16(18)15-9-13(22-2)7-8-14(15)17(19)20/h3-10H,1-2H3. The number of aromatic nitrogens is 1. The maximum absolute atomic E-state index is 12.7. The van der Waals surface area contributed by atoms with E-state index in [1.165, 1.54) is 0 Å². The van der Waals surface area contributed by atoms with Crippen molar-refractivity contribution in [3.8, 4) is 17.2 Å². The van der Waals surface area contributed by atoms with Gasteiger partial charge in [-0.2, -0.15) is 0 Å². The van der Waals surface area contributed by atoms with Gasteiger partial charge in [-0.15, -0.1) is 0 Å². The molecular weight excluding hydrogens is 346 g/mol. The lowest BCUT2D eigenvalue weighted by molar-refractivity contribution is 0.414. The van der Waals surface area contributed by atoms with Gasteiger partial charge in [-0.3, -0.25) is 9.36 Å². The van der Waals surface area contributed by atoms with Crippen LogP contribution in [-0.4, -0.2) is 18.8 Å². The summed E-state index contributed by atoms with van der Waals surface area (Å²) in [6.45, 7) is 0. The number of halogens is 1. The smallest absolute Gasteiger partial charge is 0.263 e. The van der Waals surface area contributed by atoms with Gasteiger partial charge in [-0.25, -0.2) is 0 Å². The second-order valence-corrected chi connectivity index (χ2v) is 5.62. The Hall–Kier alpha value is -2.27. The van der Waals surface area contributed by atoms with E-state index in [4.69, 9.17) is 9.47 Å². The lowest BCUT2D eigenvalue weighted by Gasteiger charge is -2.11. The van der Waals surface area contributed by atoms with Crippen molar-refractivity contribution in [3.63, 3.8) is 0 Å². The van der Waals surface area contributed by atoms with E-state index in [0.717, 1.165) is 27.0 Å². The van der Waals surface area contributed by atoms with Gasteiger partial charge in [0, 0.05) is 27.1 Å². The molecule has 0 fully saturated rings. The van der Waals surface area contributed by atoms with Crippen LogP contribution in [0, 0.1) is 0 Å². The molecule has 22 heavy (non-hydrogen) atoms. The van der Waals surface area contributed by atoms with Gasteiger partial charge in [-0.05, 0) is 58.4 Å². The summed E-state index contributed by atoms with van der Waals surface area (Å²) in [6, 6.07) is 12.8. The van der Waals surface area contributed by atoms with Crippen molar-refractivity contribution < 1.29 is 9.47 Å². The Morgan fingerprint density at radius 3 is 2.18 bits per heavy atom. The van der Waals surface area contributed by atoms with Crippen LogP contribution >= 0.6 is 15.9 Å². The fourth-order valence-corrected chi connectivity index (χ4v) is 2.87. The summed E-state index contributed by atoms with van der Waals surface area (Å²) in [6.07, 6.45) is 1.77. The molecule has 0 radical (unpaired) electrons. The highest BCUT2D eigenvalue weighted by Gasteiger charge is 2.10. The zero-order valence-electron chi connectivity index (χ0n) is 12.2. The number of nitrogens with zero attached hydrogens (tertiary/aromatic N) is 1. The summed E-state index contributed by atoms with van der Waals surface area (Å²) in [5.74, 6) is 1.47. The molecular formula is C17H14BrNO3. The minimum atomic E-state index is -0.0778. The van der Waals surface area contributed by atoms with Crippen molar-refractivity contribution in [1.29, 1.82) is 0 Å². The number of rotatable bonds is 3. The molecule has 1 aromatic heterocycles. The molecule has 3 rings (SSSR count). The van der Waals surface area contributed by atoms with E-state index in [0.29, 0.717) is 5.39 Å². The number of hydrogen-bond acceptors (Lipinski definition) is 3. The van der Waals surface area contributed by atoms with Gasteiger partial charge in [0.15, 0.2) is 0 Å². The first-order valence-corrected chi connectivity index (χ1v) is 7.46. The van der Waals surface area contributed by atoms with Crippen LogP contribution in [0.4, 0.5) is 0 Å². The van der Waals surface area contributed by atoms with Gasteiger partial charge in [0.25, 0.3) is 5.56 Å². The molecule has 4 nitrogen and oxygen atoms in total. The van der Waals surface area contributed by atoms with Gasteiger partial charge < -0.3 is 9.47 Å². The summed E-state index contributed by atoms with van der Waals surface area (Å²) in [5.41, 5.74) is 0.704. The molecule has 0 aliphatic carbocycles. The molecule has 0 atom stereocenters. The molecule has 5 heteroatoms. The minimum Gasteiger partial charge on any atom is -0.497 e. The molecule has 0 saturated carbocycles. The molecule has 0 bridgehead atoms. The number of hydrogen-bond donors (Lipinski definition) is 0. The lowest BCUT2D eigenvalue weighted by Crippen LogP contribution is -2.18. The van der Waals surface area contributed by atoms with E-state index in [9.17, 15) is 4.79 Å². The van der Waals surface area contributed by atoms with Crippen LogP contribution in [0.5, 0.6) is 11.5 Å². The second kappa shape index (κ2) is 5.85. The van der Waals surface area contributed by atoms with E-state index in [-0.39, 0.29) is 5.56 Å². The van der Waals surface area contributed by atoms with Gasteiger partial charge in [0.05, 0.1) is 14.2 Å². The second-order valence-electron chi connectivity index (χ2n) is 4.76. The Balaban J connectivity index is 2.22. The summed E-state index contributed by atoms with van der Waals surface area (Å²) >= 11 is 3.53. The fraction of sp³-hybridized carbons (Fsp3) is 0.118. The summed E-state index contributed by atoms with van der Waals surface area (Å²) < 4.78 is 12.8. The van der Waals surface area contributed by atoms with Gasteiger partial charge in [0.2, 0.25) is 0 Å².